The van der Waals surface area contributed by atoms with Gasteiger partial charge < -0.3 is 15.6 Å². The van der Waals surface area contributed by atoms with Gasteiger partial charge in [0.15, 0.2) is 6.29 Å². The van der Waals surface area contributed by atoms with Gasteiger partial charge in [-0.2, -0.15) is 0 Å². The zero-order valence-corrected chi connectivity index (χ0v) is 19.8. The number of allylic oxidation sites excluding steroid dienone is 4. The Hall–Kier alpha value is -2.60. The maximum atomic E-state index is 12.8. The lowest BCUT2D eigenvalue weighted by Gasteiger charge is -2.25. The molecular formula is C29H36N2O3. The molecule has 0 aromatic heterocycles. The molecule has 0 amide bonds. The van der Waals surface area contributed by atoms with E-state index in [1.807, 2.05) is 30.4 Å². The van der Waals surface area contributed by atoms with Crippen molar-refractivity contribution >= 4 is 17.6 Å². The average Bonchev–Trinajstić information content (AvgIpc) is 3.47. The fourth-order valence-corrected chi connectivity index (χ4v) is 5.67. The molecule has 0 saturated heterocycles. The van der Waals surface area contributed by atoms with Crippen LogP contribution in [0.5, 0.6) is 0 Å². The van der Waals surface area contributed by atoms with Crippen molar-refractivity contribution in [1.82, 2.24) is 0 Å². The van der Waals surface area contributed by atoms with Gasteiger partial charge in [0.25, 0.3) is 0 Å². The van der Waals surface area contributed by atoms with Gasteiger partial charge in [-0.3, -0.25) is 9.79 Å². The van der Waals surface area contributed by atoms with Crippen LogP contribution >= 0.6 is 0 Å². The van der Waals surface area contributed by atoms with Crippen LogP contribution in [0.2, 0.25) is 0 Å². The Balaban J connectivity index is 1.40. The minimum Gasteiger partial charge on any atom is -0.368 e. The topological polar surface area (TPSA) is 84.9 Å². The molecule has 1 aromatic rings. The highest BCUT2D eigenvalue weighted by molar-refractivity contribution is 5.88. The van der Waals surface area contributed by atoms with Crippen molar-refractivity contribution in [1.29, 1.82) is 0 Å². The molecule has 4 rings (SSSR count). The number of benzene rings is 1. The number of aliphatic hydroxyl groups is 1. The van der Waals surface area contributed by atoms with Crippen LogP contribution in [0.1, 0.15) is 49.7 Å². The molecule has 0 aliphatic heterocycles. The summed E-state index contributed by atoms with van der Waals surface area (Å²) >= 11 is 0. The molecule has 0 spiro atoms. The van der Waals surface area contributed by atoms with E-state index in [9.17, 15) is 9.90 Å². The van der Waals surface area contributed by atoms with Crippen LogP contribution in [0.4, 0.5) is 0 Å². The normalized spacial score (nSPS) is 27.2. The van der Waals surface area contributed by atoms with Crippen molar-refractivity contribution < 1.29 is 14.6 Å². The number of rotatable bonds is 11. The first-order chi connectivity index (χ1) is 16.6. The van der Waals surface area contributed by atoms with E-state index in [-0.39, 0.29) is 17.8 Å². The van der Waals surface area contributed by atoms with E-state index >= 15 is 0 Å². The Labute approximate surface area is 202 Å². The molecule has 5 atom stereocenters. The molecule has 1 aromatic carbocycles. The summed E-state index contributed by atoms with van der Waals surface area (Å²) in [5.74, 6) is 1.40. The largest absolute Gasteiger partial charge is 0.368 e. The molecule has 0 heterocycles. The van der Waals surface area contributed by atoms with Gasteiger partial charge in [0.2, 0.25) is 0 Å². The van der Waals surface area contributed by atoms with Crippen LogP contribution in [-0.2, 0) is 16.0 Å². The third kappa shape index (κ3) is 6.09. The quantitative estimate of drug-likeness (QED) is 0.368. The number of ketones is 1. The Morgan fingerprint density at radius 3 is 2.94 bits per heavy atom. The smallest absolute Gasteiger partial charge is 0.158 e. The molecule has 3 aliphatic rings. The van der Waals surface area contributed by atoms with Crippen LogP contribution in [0.25, 0.3) is 5.57 Å². The van der Waals surface area contributed by atoms with Gasteiger partial charge in [-0.25, -0.2) is 0 Å². The van der Waals surface area contributed by atoms with Crippen LogP contribution in [0.15, 0.2) is 71.9 Å². The summed E-state index contributed by atoms with van der Waals surface area (Å²) in [6.07, 6.45) is 16.4. The van der Waals surface area contributed by atoms with E-state index in [2.05, 4.69) is 23.7 Å². The molecule has 5 heteroatoms. The fraction of sp³-hybridized carbons (Fsp3) is 0.448. The number of carbonyl (C=O) groups excluding carboxylic acids is 1. The number of ether oxygens (including phenoxy) is 1. The molecule has 5 unspecified atom stereocenters. The lowest BCUT2D eigenvalue weighted by molar-refractivity contribution is -0.147. The summed E-state index contributed by atoms with van der Waals surface area (Å²) in [7, 11) is 0. The Morgan fingerprint density at radius 2 is 2.21 bits per heavy atom. The first-order valence-corrected chi connectivity index (χ1v) is 12.4. The monoisotopic (exact) mass is 460 g/mol. The SMILES string of the molecule is C=CN=C/C=C/CC(=O)C1C=CC(CN)=C(c2cccc(CC(O)OC3CC4CCC3C4)c2)C1. The standard InChI is InChI=1S/C29H36N2O3/c1-2-31-13-4-3-8-27(32)23-11-12-25(19-30)26(18-23)22-7-5-6-20(14-22)17-29(33)34-28-16-21-9-10-24(28)15-21/h2-7,11-14,21,23-24,28-29,33H,1,8-10,15-19,30H2/b4-3+,31-13?. The minimum atomic E-state index is -0.792. The van der Waals surface area contributed by atoms with E-state index in [1.54, 1.807) is 12.3 Å². The zero-order valence-electron chi connectivity index (χ0n) is 19.8. The number of Topliss-reactive ketones (excluding diaryl/α,β-unsaturated/α-hetero) is 1. The van der Waals surface area contributed by atoms with Crippen LogP contribution in [0.3, 0.4) is 0 Å². The first kappa shape index (κ1) is 24.5. The molecule has 3 aliphatic carbocycles. The highest BCUT2D eigenvalue weighted by Gasteiger charge is 2.41. The van der Waals surface area contributed by atoms with Gasteiger partial charge in [-0.1, -0.05) is 49.1 Å². The Kier molecular flexibility index (Phi) is 8.44. The van der Waals surface area contributed by atoms with Crippen LogP contribution in [0, 0.1) is 17.8 Å². The third-order valence-electron chi connectivity index (χ3n) is 7.40. The fourth-order valence-electron chi connectivity index (χ4n) is 5.67. The molecule has 2 bridgehead atoms. The highest BCUT2D eigenvalue weighted by Crippen LogP contribution is 2.46. The van der Waals surface area contributed by atoms with Gasteiger partial charge in [0, 0.05) is 37.7 Å². The number of carbonyl (C=O) groups is 1. The van der Waals surface area contributed by atoms with E-state index < -0.39 is 6.29 Å². The van der Waals surface area contributed by atoms with Gasteiger partial charge in [0.05, 0.1) is 6.10 Å². The summed E-state index contributed by atoms with van der Waals surface area (Å²) in [6, 6.07) is 8.19. The van der Waals surface area contributed by atoms with E-state index in [4.69, 9.17) is 10.5 Å². The van der Waals surface area contributed by atoms with Crippen molar-refractivity contribution in [2.75, 3.05) is 6.54 Å². The molecule has 5 nitrogen and oxygen atoms in total. The molecule has 2 saturated carbocycles. The highest BCUT2D eigenvalue weighted by atomic mass is 16.6. The average molecular weight is 461 g/mol. The second kappa shape index (κ2) is 11.7. The Bertz CT molecular complexity index is 1010. The second-order valence-electron chi connectivity index (χ2n) is 9.67. The van der Waals surface area contributed by atoms with Crippen LogP contribution < -0.4 is 5.73 Å². The van der Waals surface area contributed by atoms with E-state index in [1.165, 1.54) is 25.5 Å². The molecule has 34 heavy (non-hydrogen) atoms. The number of aliphatic imine (C=N–C) groups is 1. The molecule has 0 radical (unpaired) electrons. The maximum absolute atomic E-state index is 12.8. The molecule has 3 N–H and O–H groups in total. The van der Waals surface area contributed by atoms with Crippen molar-refractivity contribution in [3.8, 4) is 0 Å². The summed E-state index contributed by atoms with van der Waals surface area (Å²) in [6.45, 7) is 3.95. The van der Waals surface area contributed by atoms with Gasteiger partial charge in [0.1, 0.15) is 5.78 Å². The van der Waals surface area contributed by atoms with E-state index in [0.717, 1.165) is 34.6 Å². The molecular weight excluding hydrogens is 424 g/mol. The van der Waals surface area contributed by atoms with Crippen molar-refractivity contribution in [3.05, 3.63) is 78.0 Å². The minimum absolute atomic E-state index is 0.166. The predicted octanol–water partition coefficient (Wildman–Crippen LogP) is 4.77. The molecule has 180 valence electrons. The van der Waals surface area contributed by atoms with Gasteiger partial charge in [-0.05, 0) is 72.3 Å². The number of nitrogens with zero attached hydrogens (tertiary/aromatic N) is 1. The number of hydrogen-bond donors (Lipinski definition) is 2. The number of aliphatic hydroxyl groups excluding tert-OH is 1. The number of nitrogens with two attached hydrogens (primary N) is 1. The maximum Gasteiger partial charge on any atom is 0.158 e. The van der Waals surface area contributed by atoms with Crippen molar-refractivity contribution in [2.45, 2.75) is 57.3 Å². The van der Waals surface area contributed by atoms with Crippen LogP contribution in [-0.4, -0.2) is 36.0 Å². The van der Waals surface area contributed by atoms with Crippen molar-refractivity contribution in [2.24, 2.45) is 28.5 Å². The van der Waals surface area contributed by atoms with Crippen molar-refractivity contribution in [3.63, 3.8) is 0 Å². The zero-order chi connectivity index (χ0) is 23.9. The summed E-state index contributed by atoms with van der Waals surface area (Å²) in [5.41, 5.74) is 10.3. The van der Waals surface area contributed by atoms with E-state index in [0.29, 0.717) is 31.7 Å². The third-order valence-corrected chi connectivity index (χ3v) is 7.40. The second-order valence-corrected chi connectivity index (χ2v) is 9.67. The molecule has 2 fully saturated rings. The van der Waals surface area contributed by atoms with Gasteiger partial charge >= 0.3 is 0 Å². The first-order valence-electron chi connectivity index (χ1n) is 12.4. The number of hydrogen-bond acceptors (Lipinski definition) is 5. The number of fused-ring (bicyclic) bond motifs is 2. The van der Waals surface area contributed by atoms with Gasteiger partial charge in [-0.15, -0.1) is 0 Å². The Morgan fingerprint density at radius 1 is 1.32 bits per heavy atom. The summed E-state index contributed by atoms with van der Waals surface area (Å²) in [5, 5.41) is 10.6. The lowest BCUT2D eigenvalue weighted by Crippen LogP contribution is -2.28. The lowest BCUT2D eigenvalue weighted by atomic mass is 9.82. The summed E-state index contributed by atoms with van der Waals surface area (Å²) in [4.78, 5) is 16.7. The predicted molar refractivity (Wildman–Crippen MR) is 137 cm³/mol. The summed E-state index contributed by atoms with van der Waals surface area (Å²) < 4.78 is 6.03.